The van der Waals surface area contributed by atoms with Gasteiger partial charge in [0.15, 0.2) is 0 Å². The van der Waals surface area contributed by atoms with Crippen molar-refractivity contribution < 1.29 is 18.3 Å². The molecule has 0 aromatic heterocycles. The second kappa shape index (κ2) is 8.29. The highest BCUT2D eigenvalue weighted by molar-refractivity contribution is 7.89. The number of sulfonamides is 1. The Morgan fingerprint density at radius 2 is 1.80 bits per heavy atom. The van der Waals surface area contributed by atoms with Crippen LogP contribution in [0.15, 0.2) is 29.2 Å². The van der Waals surface area contributed by atoms with Gasteiger partial charge in [-0.15, -0.1) is 0 Å². The summed E-state index contributed by atoms with van der Waals surface area (Å²) in [4.78, 5) is 14.6. The van der Waals surface area contributed by atoms with E-state index in [0.717, 1.165) is 5.56 Å². The van der Waals surface area contributed by atoms with Crippen LogP contribution >= 0.6 is 0 Å². The van der Waals surface area contributed by atoms with Gasteiger partial charge < -0.3 is 10.0 Å². The van der Waals surface area contributed by atoms with E-state index in [2.05, 4.69) is 4.72 Å². The summed E-state index contributed by atoms with van der Waals surface area (Å²) in [5, 5.41) is 9.60. The summed E-state index contributed by atoms with van der Waals surface area (Å²) in [5.41, 5.74) is 0.973. The van der Waals surface area contributed by atoms with E-state index in [1.807, 2.05) is 20.8 Å². The van der Waals surface area contributed by atoms with Crippen LogP contribution in [0.2, 0.25) is 0 Å². The second-order valence-corrected chi connectivity index (χ2v) is 8.89. The molecule has 1 aliphatic rings. The monoisotopic (exact) mass is 368 g/mol. The molecule has 140 valence electrons. The van der Waals surface area contributed by atoms with Gasteiger partial charge in [0.1, 0.15) is 6.04 Å². The second-order valence-electron chi connectivity index (χ2n) is 7.17. The molecule has 2 rings (SSSR count). The smallest absolute Gasteiger partial charge is 0.241 e. The molecule has 6 nitrogen and oxygen atoms in total. The first-order valence-corrected chi connectivity index (χ1v) is 10.2. The zero-order chi connectivity index (χ0) is 18.6. The number of likely N-dealkylation sites (tertiary alicyclic amines) is 1. The number of carbonyl (C=O) groups excluding carboxylic acids is 1. The quantitative estimate of drug-likeness (QED) is 0.800. The molecule has 0 spiro atoms. The number of aliphatic hydroxyl groups is 1. The van der Waals surface area contributed by atoms with E-state index in [4.69, 9.17) is 0 Å². The molecule has 1 aliphatic heterocycles. The molecule has 0 bridgehead atoms. The highest BCUT2D eigenvalue weighted by Crippen LogP contribution is 2.17. The third-order valence-corrected chi connectivity index (χ3v) is 5.90. The Morgan fingerprint density at radius 1 is 1.24 bits per heavy atom. The van der Waals surface area contributed by atoms with Gasteiger partial charge in [0.2, 0.25) is 15.9 Å². The van der Waals surface area contributed by atoms with Crippen LogP contribution in [0.3, 0.4) is 0 Å². The van der Waals surface area contributed by atoms with Gasteiger partial charge in [0.25, 0.3) is 0 Å². The van der Waals surface area contributed by atoms with E-state index in [1.165, 1.54) is 0 Å². The van der Waals surface area contributed by atoms with Gasteiger partial charge in [-0.2, -0.15) is 4.72 Å². The van der Waals surface area contributed by atoms with Gasteiger partial charge in [-0.25, -0.2) is 8.42 Å². The van der Waals surface area contributed by atoms with Crippen molar-refractivity contribution in [3.63, 3.8) is 0 Å². The fourth-order valence-electron chi connectivity index (χ4n) is 2.95. The molecule has 1 atom stereocenters. The van der Waals surface area contributed by atoms with Gasteiger partial charge in [-0.1, -0.05) is 31.5 Å². The van der Waals surface area contributed by atoms with Crippen molar-refractivity contribution in [2.24, 2.45) is 5.92 Å². The summed E-state index contributed by atoms with van der Waals surface area (Å²) in [6.45, 7) is 6.72. The predicted molar refractivity (Wildman–Crippen MR) is 96.6 cm³/mol. The summed E-state index contributed by atoms with van der Waals surface area (Å²) in [6, 6.07) is 5.78. The van der Waals surface area contributed by atoms with Crippen LogP contribution in [-0.4, -0.2) is 49.6 Å². The normalized spacial score (nSPS) is 17.7. The minimum absolute atomic E-state index is 0.161. The third kappa shape index (κ3) is 5.52. The average molecular weight is 368 g/mol. The van der Waals surface area contributed by atoms with Crippen molar-refractivity contribution in [1.82, 2.24) is 9.62 Å². The molecule has 2 N–H and O–H groups in total. The van der Waals surface area contributed by atoms with E-state index in [1.54, 1.807) is 29.2 Å². The molecule has 1 aromatic carbocycles. The number of nitrogens with zero attached hydrogens (tertiary/aromatic N) is 1. The van der Waals surface area contributed by atoms with Crippen LogP contribution in [0.5, 0.6) is 0 Å². The van der Waals surface area contributed by atoms with Gasteiger partial charge in [-0.3, -0.25) is 4.79 Å². The Hall–Kier alpha value is -1.44. The maximum absolute atomic E-state index is 12.8. The van der Waals surface area contributed by atoms with Gasteiger partial charge in [0.05, 0.1) is 11.0 Å². The number of carbonyl (C=O) groups is 1. The molecule has 25 heavy (non-hydrogen) atoms. The Kier molecular flexibility index (Phi) is 6.59. The lowest BCUT2D eigenvalue weighted by atomic mass is 10.0. The standard InChI is InChI=1S/C18H28N2O4S/c1-13(2)12-17(18(22)20-10-8-15(21)9-11-20)19-25(23,24)16-6-4-14(3)5-7-16/h4-7,13,15,17,19,21H,8-12H2,1-3H3. The first-order valence-electron chi connectivity index (χ1n) is 8.75. The highest BCUT2D eigenvalue weighted by Gasteiger charge is 2.31. The lowest BCUT2D eigenvalue weighted by Gasteiger charge is -2.33. The summed E-state index contributed by atoms with van der Waals surface area (Å²) < 4.78 is 27.9. The lowest BCUT2D eigenvalue weighted by molar-refractivity contribution is -0.135. The first kappa shape index (κ1) is 19.9. The average Bonchev–Trinajstić information content (AvgIpc) is 2.54. The summed E-state index contributed by atoms with van der Waals surface area (Å²) in [6.07, 6.45) is 1.12. The summed E-state index contributed by atoms with van der Waals surface area (Å²) in [7, 11) is -3.76. The molecule has 1 unspecified atom stereocenters. The highest BCUT2D eigenvalue weighted by atomic mass is 32.2. The van der Waals surface area contributed by atoms with E-state index >= 15 is 0 Å². The van der Waals surface area contributed by atoms with E-state index in [0.29, 0.717) is 32.4 Å². The maximum atomic E-state index is 12.8. The predicted octanol–water partition coefficient (Wildman–Crippen LogP) is 1.67. The van der Waals surface area contributed by atoms with Gasteiger partial charge in [0, 0.05) is 13.1 Å². The van der Waals surface area contributed by atoms with Crippen LogP contribution < -0.4 is 4.72 Å². The SMILES string of the molecule is Cc1ccc(S(=O)(=O)NC(CC(C)C)C(=O)N2CCC(O)CC2)cc1. The molecule has 7 heteroatoms. The maximum Gasteiger partial charge on any atom is 0.241 e. The minimum atomic E-state index is -3.76. The number of nitrogens with one attached hydrogen (secondary N) is 1. The number of rotatable bonds is 6. The zero-order valence-electron chi connectivity index (χ0n) is 15.1. The Balaban J connectivity index is 2.16. The Morgan fingerprint density at radius 3 is 2.32 bits per heavy atom. The molecule has 1 heterocycles. The number of aliphatic hydroxyl groups excluding tert-OH is 1. The first-order chi connectivity index (χ1) is 11.7. The summed E-state index contributed by atoms with van der Waals surface area (Å²) in [5.74, 6) is -0.0404. The third-order valence-electron chi connectivity index (χ3n) is 4.41. The molecular weight excluding hydrogens is 340 g/mol. The number of aryl methyl sites for hydroxylation is 1. The van der Waals surface area contributed by atoms with Crippen molar-refractivity contribution in [2.45, 2.75) is 57.1 Å². The fraction of sp³-hybridized carbons (Fsp3) is 0.611. The molecule has 0 saturated carbocycles. The number of hydrogen-bond donors (Lipinski definition) is 2. The molecule has 1 aromatic rings. The fourth-order valence-corrected chi connectivity index (χ4v) is 4.15. The molecule has 1 saturated heterocycles. The van der Waals surface area contributed by atoms with Gasteiger partial charge >= 0.3 is 0 Å². The zero-order valence-corrected chi connectivity index (χ0v) is 15.9. The van der Waals surface area contributed by atoms with Crippen molar-refractivity contribution >= 4 is 15.9 Å². The van der Waals surface area contributed by atoms with E-state index in [-0.39, 0.29) is 22.8 Å². The topological polar surface area (TPSA) is 86.7 Å². The Bertz CT molecular complexity index is 678. The molecule has 0 aliphatic carbocycles. The molecular formula is C18H28N2O4S. The van der Waals surface area contributed by atoms with Crippen LogP contribution in [-0.2, 0) is 14.8 Å². The number of amides is 1. The van der Waals surface area contributed by atoms with Crippen LogP contribution in [0, 0.1) is 12.8 Å². The number of benzene rings is 1. The molecule has 1 fully saturated rings. The number of hydrogen-bond acceptors (Lipinski definition) is 4. The Labute approximate surface area is 150 Å². The lowest BCUT2D eigenvalue weighted by Crippen LogP contribution is -2.51. The van der Waals surface area contributed by atoms with Gasteiger partial charge in [-0.05, 0) is 44.2 Å². The van der Waals surface area contributed by atoms with Crippen molar-refractivity contribution in [3.8, 4) is 0 Å². The largest absolute Gasteiger partial charge is 0.393 e. The van der Waals surface area contributed by atoms with Crippen molar-refractivity contribution in [1.29, 1.82) is 0 Å². The minimum Gasteiger partial charge on any atom is -0.393 e. The molecule has 0 radical (unpaired) electrons. The van der Waals surface area contributed by atoms with E-state index < -0.39 is 16.1 Å². The number of piperidine rings is 1. The van der Waals surface area contributed by atoms with Crippen LogP contribution in [0.4, 0.5) is 0 Å². The van der Waals surface area contributed by atoms with Crippen LogP contribution in [0.25, 0.3) is 0 Å². The van der Waals surface area contributed by atoms with Crippen molar-refractivity contribution in [2.75, 3.05) is 13.1 Å². The summed E-state index contributed by atoms with van der Waals surface area (Å²) >= 11 is 0. The van der Waals surface area contributed by atoms with Crippen LogP contribution in [0.1, 0.15) is 38.7 Å². The molecule has 1 amide bonds. The van der Waals surface area contributed by atoms with Crippen molar-refractivity contribution in [3.05, 3.63) is 29.8 Å². The van der Waals surface area contributed by atoms with E-state index in [9.17, 15) is 18.3 Å².